The van der Waals surface area contributed by atoms with Crippen LogP contribution >= 0.6 is 11.8 Å². The zero-order valence-electron chi connectivity index (χ0n) is 19.0. The first-order valence-corrected chi connectivity index (χ1v) is 12.3. The van der Waals surface area contributed by atoms with Gasteiger partial charge in [0, 0.05) is 16.7 Å². The number of ketones is 2. The normalized spacial score (nSPS) is 46.6. The molecule has 4 rings (SSSR count). The van der Waals surface area contributed by atoms with Gasteiger partial charge in [-0.15, -0.1) is 11.8 Å². The van der Waals surface area contributed by atoms with Crippen LogP contribution in [0.2, 0.25) is 0 Å². The van der Waals surface area contributed by atoms with Crippen molar-refractivity contribution in [3.05, 3.63) is 22.6 Å². The molecule has 0 spiro atoms. The van der Waals surface area contributed by atoms with Gasteiger partial charge in [-0.3, -0.25) is 14.4 Å². The number of hydrogen-bond donors (Lipinski definition) is 4. The van der Waals surface area contributed by atoms with Crippen LogP contribution in [0.5, 0.6) is 0 Å². The van der Waals surface area contributed by atoms with E-state index in [0.29, 0.717) is 24.8 Å². The zero-order valence-corrected chi connectivity index (χ0v) is 19.8. The molecule has 4 aliphatic carbocycles. The average Bonchev–Trinajstić information content (AvgIpc) is 2.95. The van der Waals surface area contributed by atoms with Gasteiger partial charge >= 0.3 is 5.97 Å². The monoisotopic (exact) mass is 482 g/mol. The van der Waals surface area contributed by atoms with Crippen LogP contribution in [0.3, 0.4) is 0 Å². The molecular formula is C24H31FO7S. The highest BCUT2D eigenvalue weighted by atomic mass is 32.2. The Morgan fingerprint density at radius 3 is 2.55 bits per heavy atom. The molecule has 0 heterocycles. The van der Waals surface area contributed by atoms with Crippen LogP contribution in [0, 0.1) is 28.6 Å². The molecule has 0 aliphatic heterocycles. The fourth-order valence-electron chi connectivity index (χ4n) is 7.65. The minimum atomic E-state index is -2.16. The molecule has 7 nitrogen and oxygen atoms in total. The molecule has 9 heteroatoms. The Labute approximate surface area is 196 Å². The van der Waals surface area contributed by atoms with Gasteiger partial charge < -0.3 is 20.4 Å². The van der Waals surface area contributed by atoms with Gasteiger partial charge in [0.15, 0.2) is 17.2 Å². The molecule has 4 N–H and O–H groups in total. The summed E-state index contributed by atoms with van der Waals surface area (Å²) in [4.78, 5) is 36.6. The number of hydrogen-bond acceptors (Lipinski definition) is 7. The van der Waals surface area contributed by atoms with Gasteiger partial charge in [0.1, 0.15) is 12.2 Å². The van der Waals surface area contributed by atoms with E-state index in [-0.39, 0.29) is 22.9 Å². The first-order chi connectivity index (χ1) is 15.3. The van der Waals surface area contributed by atoms with Crippen LogP contribution in [0.1, 0.15) is 46.5 Å². The van der Waals surface area contributed by atoms with E-state index >= 15 is 4.39 Å². The smallest absolute Gasteiger partial charge is 0.313 e. The Balaban J connectivity index is 1.81. The van der Waals surface area contributed by atoms with Crippen LogP contribution in [-0.4, -0.2) is 67.7 Å². The number of allylic oxidation sites excluding steroid dienone is 4. The number of aliphatic hydroxyl groups is 3. The molecule has 33 heavy (non-hydrogen) atoms. The number of Topliss-reactive ketones (excluding diaryl/α,β-unsaturated/α-hetero) is 1. The molecule has 182 valence electrons. The number of fused-ring (bicyclic) bond motifs is 5. The molecule has 4 aliphatic rings. The highest BCUT2D eigenvalue weighted by Crippen LogP contribution is 2.71. The molecular weight excluding hydrogens is 451 g/mol. The lowest BCUT2D eigenvalue weighted by Gasteiger charge is -2.62. The van der Waals surface area contributed by atoms with Crippen molar-refractivity contribution in [1.82, 2.24) is 0 Å². The minimum Gasteiger partial charge on any atom is -0.481 e. The van der Waals surface area contributed by atoms with Crippen LogP contribution < -0.4 is 0 Å². The second-order valence-electron chi connectivity index (χ2n) is 10.5. The standard InChI is InChI=1S/C24H31FO7S/c1-12-8-15-13-4-5-14-20(33-11-19(30)31)16(27)6-7-21(14,2)23(13,25)17(28)9-22(15,3)24(12,32)18(29)10-26/h6-7,12-13,15,17,26,28,32H,4-5,8-11H2,1-3H3,(H,30,31). The summed E-state index contributed by atoms with van der Waals surface area (Å²) < 4.78 is 17.3. The van der Waals surface area contributed by atoms with Crippen molar-refractivity contribution in [2.45, 2.75) is 63.8 Å². The molecule has 0 saturated heterocycles. The quantitative estimate of drug-likeness (QED) is 0.468. The number of carboxylic acid groups (broad SMARTS) is 1. The second kappa shape index (κ2) is 7.73. The molecule has 3 fully saturated rings. The fraction of sp³-hybridized carbons (Fsp3) is 0.708. The van der Waals surface area contributed by atoms with Gasteiger partial charge in [0.05, 0.1) is 16.8 Å². The zero-order chi connectivity index (χ0) is 24.6. The largest absolute Gasteiger partial charge is 0.481 e. The van der Waals surface area contributed by atoms with Crippen molar-refractivity contribution < 1.29 is 39.2 Å². The topological polar surface area (TPSA) is 132 Å². The summed E-state index contributed by atoms with van der Waals surface area (Å²) >= 11 is 0.881. The summed E-state index contributed by atoms with van der Waals surface area (Å²) in [6.45, 7) is 4.25. The Hall–Kier alpha value is -1.55. The maximum atomic E-state index is 17.3. The molecule has 0 aromatic carbocycles. The lowest BCUT2D eigenvalue weighted by molar-refractivity contribution is -0.219. The van der Waals surface area contributed by atoms with E-state index < -0.39 is 64.3 Å². The number of carboxylic acids is 1. The van der Waals surface area contributed by atoms with E-state index in [0.717, 1.165) is 11.8 Å². The predicted octanol–water partition coefficient (Wildman–Crippen LogP) is 2.04. The number of carbonyl (C=O) groups is 3. The Morgan fingerprint density at radius 2 is 1.94 bits per heavy atom. The van der Waals surface area contributed by atoms with Gasteiger partial charge in [0.25, 0.3) is 0 Å². The van der Waals surface area contributed by atoms with Crippen LogP contribution in [0.4, 0.5) is 4.39 Å². The third kappa shape index (κ3) is 2.95. The Bertz CT molecular complexity index is 978. The van der Waals surface area contributed by atoms with Crippen molar-refractivity contribution in [3.63, 3.8) is 0 Å². The van der Waals surface area contributed by atoms with Gasteiger partial charge in [0.2, 0.25) is 0 Å². The molecule has 0 bridgehead atoms. The fourth-order valence-corrected chi connectivity index (χ4v) is 8.61. The molecule has 8 unspecified atom stereocenters. The van der Waals surface area contributed by atoms with Gasteiger partial charge in [-0.2, -0.15) is 0 Å². The summed E-state index contributed by atoms with van der Waals surface area (Å²) in [6, 6.07) is 0. The van der Waals surface area contributed by atoms with Crippen LogP contribution in [0.15, 0.2) is 22.6 Å². The Kier molecular flexibility index (Phi) is 5.76. The second-order valence-corrected chi connectivity index (χ2v) is 11.5. The van der Waals surface area contributed by atoms with E-state index in [9.17, 15) is 29.7 Å². The maximum absolute atomic E-state index is 17.3. The summed E-state index contributed by atoms with van der Waals surface area (Å²) in [5, 5.41) is 41.4. The van der Waals surface area contributed by atoms with Crippen molar-refractivity contribution in [2.24, 2.45) is 28.6 Å². The van der Waals surface area contributed by atoms with Crippen molar-refractivity contribution in [1.29, 1.82) is 0 Å². The van der Waals surface area contributed by atoms with Crippen LogP contribution in [-0.2, 0) is 14.4 Å². The first kappa shape index (κ1) is 24.6. The lowest BCUT2D eigenvalue weighted by Crippen LogP contribution is -2.69. The number of carbonyl (C=O) groups excluding carboxylic acids is 2. The van der Waals surface area contributed by atoms with Gasteiger partial charge in [-0.05, 0) is 56.1 Å². The lowest BCUT2D eigenvalue weighted by atomic mass is 9.44. The minimum absolute atomic E-state index is 0.167. The molecule has 0 amide bonds. The molecule has 0 aromatic rings. The number of aliphatic hydroxyl groups excluding tert-OH is 2. The summed E-state index contributed by atoms with van der Waals surface area (Å²) in [6.07, 6.45) is 2.09. The Morgan fingerprint density at radius 1 is 1.27 bits per heavy atom. The van der Waals surface area contributed by atoms with E-state index in [2.05, 4.69) is 0 Å². The van der Waals surface area contributed by atoms with E-state index in [4.69, 9.17) is 5.11 Å². The average molecular weight is 483 g/mol. The van der Waals surface area contributed by atoms with Gasteiger partial charge in [-0.25, -0.2) is 4.39 Å². The number of alkyl halides is 1. The number of halogens is 1. The summed E-state index contributed by atoms with van der Waals surface area (Å²) in [5.41, 5.74) is -5.96. The van der Waals surface area contributed by atoms with E-state index in [1.165, 1.54) is 12.2 Å². The SMILES string of the molecule is CC1CC2C3CCC4=C(SCC(=O)O)C(=O)C=CC4(C)C3(F)C(O)CC2(C)C1(O)C(=O)CO. The third-order valence-corrected chi connectivity index (χ3v) is 10.4. The number of rotatable bonds is 5. The van der Waals surface area contributed by atoms with Crippen molar-refractivity contribution in [2.75, 3.05) is 12.4 Å². The molecule has 0 radical (unpaired) electrons. The highest BCUT2D eigenvalue weighted by molar-refractivity contribution is 8.04. The summed E-state index contributed by atoms with van der Waals surface area (Å²) in [5.74, 6) is -4.10. The maximum Gasteiger partial charge on any atom is 0.313 e. The number of thioether (sulfide) groups is 1. The first-order valence-electron chi connectivity index (χ1n) is 11.3. The summed E-state index contributed by atoms with van der Waals surface area (Å²) in [7, 11) is 0. The van der Waals surface area contributed by atoms with Crippen LogP contribution in [0.25, 0.3) is 0 Å². The molecule has 0 aromatic heterocycles. The van der Waals surface area contributed by atoms with E-state index in [1.807, 2.05) is 0 Å². The molecule has 3 saturated carbocycles. The third-order valence-electron chi connectivity index (χ3n) is 9.24. The highest BCUT2D eigenvalue weighted by Gasteiger charge is 2.75. The van der Waals surface area contributed by atoms with Crippen molar-refractivity contribution in [3.8, 4) is 0 Å². The van der Waals surface area contributed by atoms with Crippen molar-refractivity contribution >= 4 is 29.3 Å². The molecule has 8 atom stereocenters. The van der Waals surface area contributed by atoms with E-state index in [1.54, 1.807) is 20.8 Å². The predicted molar refractivity (Wildman–Crippen MR) is 119 cm³/mol. The number of aliphatic carboxylic acids is 1. The van der Waals surface area contributed by atoms with Gasteiger partial charge in [-0.1, -0.05) is 19.9 Å².